The van der Waals surface area contributed by atoms with Gasteiger partial charge in [0.15, 0.2) is 18.9 Å². The summed E-state index contributed by atoms with van der Waals surface area (Å²) in [5.74, 6) is 0.890. The fourth-order valence-electron chi connectivity index (χ4n) is 2.41. The van der Waals surface area contributed by atoms with E-state index in [2.05, 4.69) is 69.3 Å². The van der Waals surface area contributed by atoms with Crippen molar-refractivity contribution in [2.45, 2.75) is 13.0 Å². The maximum Gasteiger partial charge on any atom is 0.182 e. The highest BCUT2D eigenvalue weighted by Crippen LogP contribution is 2.17. The van der Waals surface area contributed by atoms with Crippen LogP contribution < -0.4 is 9.30 Å². The third-order valence-corrected chi connectivity index (χ3v) is 4.12. The maximum atomic E-state index is 5.77. The molecule has 0 bridgehead atoms. The molecule has 0 unspecified atom stereocenters. The number of ether oxygens (including phenoxy) is 1. The lowest BCUT2D eigenvalue weighted by Crippen LogP contribution is -2.35. The van der Waals surface area contributed by atoms with Gasteiger partial charge in [0.2, 0.25) is 0 Å². The lowest BCUT2D eigenvalue weighted by Gasteiger charge is -2.05. The van der Waals surface area contributed by atoms with Gasteiger partial charge in [-0.25, -0.2) is 4.57 Å². The molecule has 3 rings (SSSR count). The van der Waals surface area contributed by atoms with Gasteiger partial charge in [0.25, 0.3) is 0 Å². The van der Waals surface area contributed by atoms with Crippen LogP contribution >= 0.6 is 15.9 Å². The predicted molar refractivity (Wildman–Crippen MR) is 95.5 cm³/mol. The molecule has 2 nitrogen and oxygen atoms in total. The molecule has 0 fully saturated rings. The van der Waals surface area contributed by atoms with E-state index in [0.717, 1.165) is 23.2 Å². The van der Waals surface area contributed by atoms with Crippen molar-refractivity contribution < 1.29 is 9.30 Å². The molecule has 3 aromatic rings. The number of nitrogens with zero attached hydrogens (tertiary/aromatic N) is 1. The molecule has 116 valence electrons. The van der Waals surface area contributed by atoms with Crippen LogP contribution in [0.2, 0.25) is 0 Å². The average Bonchev–Trinajstić information content (AvgIpc) is 2.58. The van der Waals surface area contributed by atoms with E-state index in [1.165, 1.54) is 11.1 Å². The number of halogens is 1. The van der Waals surface area contributed by atoms with Crippen molar-refractivity contribution in [1.29, 1.82) is 0 Å². The Morgan fingerprint density at radius 2 is 1.57 bits per heavy atom. The van der Waals surface area contributed by atoms with Crippen molar-refractivity contribution in [2.24, 2.45) is 0 Å². The van der Waals surface area contributed by atoms with Gasteiger partial charge >= 0.3 is 0 Å². The molecule has 3 heteroatoms. The summed E-state index contributed by atoms with van der Waals surface area (Å²) in [6.45, 7) is 1.48. The largest absolute Gasteiger partial charge is 0.487 e. The molecule has 2 aromatic carbocycles. The molecule has 0 radical (unpaired) electrons. The van der Waals surface area contributed by atoms with Crippen molar-refractivity contribution >= 4 is 15.9 Å². The van der Waals surface area contributed by atoms with Crippen molar-refractivity contribution in [2.75, 3.05) is 6.61 Å². The van der Waals surface area contributed by atoms with Crippen LogP contribution in [0.4, 0.5) is 0 Å². The van der Waals surface area contributed by atoms with Crippen LogP contribution in [0, 0.1) is 0 Å². The first-order valence-corrected chi connectivity index (χ1v) is 8.49. The molecular formula is C20H19BrNO+. The van der Waals surface area contributed by atoms with Crippen LogP contribution in [-0.4, -0.2) is 6.61 Å². The zero-order valence-electron chi connectivity index (χ0n) is 12.9. The molecule has 0 N–H and O–H groups in total. The van der Waals surface area contributed by atoms with E-state index < -0.39 is 0 Å². The molecular weight excluding hydrogens is 350 g/mol. The number of pyridine rings is 1. The Labute approximate surface area is 145 Å². The molecule has 0 saturated heterocycles. The molecule has 0 amide bonds. The van der Waals surface area contributed by atoms with Crippen molar-refractivity contribution in [3.8, 4) is 5.75 Å². The quantitative estimate of drug-likeness (QED) is 0.587. The van der Waals surface area contributed by atoms with Gasteiger partial charge < -0.3 is 4.74 Å². The Morgan fingerprint density at radius 1 is 0.826 bits per heavy atom. The summed E-state index contributed by atoms with van der Waals surface area (Å²) in [7, 11) is 0. The second-order valence-electron chi connectivity index (χ2n) is 5.41. The number of hydrogen-bond acceptors (Lipinski definition) is 1. The molecule has 1 heterocycles. The minimum Gasteiger partial charge on any atom is -0.487 e. The summed E-state index contributed by atoms with van der Waals surface area (Å²) >= 11 is 3.45. The monoisotopic (exact) mass is 368 g/mol. The topological polar surface area (TPSA) is 13.1 Å². The highest BCUT2D eigenvalue weighted by molar-refractivity contribution is 9.10. The highest BCUT2D eigenvalue weighted by Gasteiger charge is 2.03. The Morgan fingerprint density at radius 3 is 2.30 bits per heavy atom. The molecule has 0 aliphatic heterocycles. The van der Waals surface area contributed by atoms with E-state index in [-0.39, 0.29) is 0 Å². The summed E-state index contributed by atoms with van der Waals surface area (Å²) in [5, 5.41) is 0. The van der Waals surface area contributed by atoms with E-state index in [4.69, 9.17) is 4.74 Å². The van der Waals surface area contributed by atoms with E-state index in [0.29, 0.717) is 6.61 Å². The second-order valence-corrected chi connectivity index (χ2v) is 6.33. The van der Waals surface area contributed by atoms with Crippen LogP contribution in [0.5, 0.6) is 5.75 Å². The van der Waals surface area contributed by atoms with Crippen LogP contribution in [-0.2, 0) is 13.0 Å². The van der Waals surface area contributed by atoms with Gasteiger partial charge in [0, 0.05) is 16.6 Å². The summed E-state index contributed by atoms with van der Waals surface area (Å²) in [6, 6.07) is 22.8. The van der Waals surface area contributed by atoms with Gasteiger partial charge in [0.1, 0.15) is 12.4 Å². The normalized spacial score (nSPS) is 10.5. The Bertz CT molecular complexity index is 741. The molecule has 23 heavy (non-hydrogen) atoms. The number of benzene rings is 2. The standard InChI is InChI=1S/C20H19BrNO/c21-19-7-4-8-20(16-19)23-14-13-22-11-9-18(10-12-22)15-17-5-2-1-3-6-17/h1-12,16H,13-15H2/q+1. The summed E-state index contributed by atoms with van der Waals surface area (Å²) < 4.78 is 8.95. The van der Waals surface area contributed by atoms with Gasteiger partial charge in [-0.3, -0.25) is 0 Å². The number of rotatable bonds is 6. The summed E-state index contributed by atoms with van der Waals surface area (Å²) in [6.07, 6.45) is 5.20. The molecule has 1 aromatic heterocycles. The van der Waals surface area contributed by atoms with Crippen LogP contribution in [0.25, 0.3) is 0 Å². The third-order valence-electron chi connectivity index (χ3n) is 3.63. The first kappa shape index (κ1) is 15.8. The van der Waals surface area contributed by atoms with E-state index >= 15 is 0 Å². The van der Waals surface area contributed by atoms with Crippen LogP contribution in [0.15, 0.2) is 83.6 Å². The smallest absolute Gasteiger partial charge is 0.182 e. The Hall–Kier alpha value is -2.13. The second kappa shape index (κ2) is 7.93. The molecule has 0 saturated carbocycles. The minimum atomic E-state index is 0.652. The molecule has 0 spiro atoms. The van der Waals surface area contributed by atoms with E-state index in [9.17, 15) is 0 Å². The van der Waals surface area contributed by atoms with Gasteiger partial charge in [0.05, 0.1) is 0 Å². The van der Waals surface area contributed by atoms with Gasteiger partial charge in [-0.05, 0) is 35.7 Å². The van der Waals surface area contributed by atoms with Gasteiger partial charge in [-0.2, -0.15) is 0 Å². The Kier molecular flexibility index (Phi) is 5.43. The summed E-state index contributed by atoms with van der Waals surface area (Å²) in [5.41, 5.74) is 2.66. The fourth-order valence-corrected chi connectivity index (χ4v) is 2.79. The van der Waals surface area contributed by atoms with Gasteiger partial charge in [-0.15, -0.1) is 0 Å². The molecule has 0 aliphatic rings. The first-order valence-electron chi connectivity index (χ1n) is 7.70. The SMILES string of the molecule is Brc1cccc(OCC[n+]2ccc(Cc3ccccc3)cc2)c1. The lowest BCUT2D eigenvalue weighted by atomic mass is 10.1. The average molecular weight is 369 g/mol. The summed E-state index contributed by atoms with van der Waals surface area (Å²) in [4.78, 5) is 0. The van der Waals surface area contributed by atoms with Crippen molar-refractivity contribution in [3.63, 3.8) is 0 Å². The third kappa shape index (κ3) is 4.93. The van der Waals surface area contributed by atoms with E-state index in [1.54, 1.807) is 0 Å². The molecule has 0 aliphatic carbocycles. The van der Waals surface area contributed by atoms with Crippen LogP contribution in [0.1, 0.15) is 11.1 Å². The minimum absolute atomic E-state index is 0.652. The van der Waals surface area contributed by atoms with Crippen LogP contribution in [0.3, 0.4) is 0 Å². The fraction of sp³-hybridized carbons (Fsp3) is 0.150. The zero-order chi connectivity index (χ0) is 15.9. The lowest BCUT2D eigenvalue weighted by molar-refractivity contribution is -0.697. The van der Waals surface area contributed by atoms with Crippen molar-refractivity contribution in [3.05, 3.63) is 94.7 Å². The Balaban J connectivity index is 1.51. The van der Waals surface area contributed by atoms with Crippen molar-refractivity contribution in [1.82, 2.24) is 0 Å². The number of hydrogen-bond donors (Lipinski definition) is 0. The van der Waals surface area contributed by atoms with E-state index in [1.807, 2.05) is 30.3 Å². The predicted octanol–water partition coefficient (Wildman–Crippen LogP) is 4.41. The highest BCUT2D eigenvalue weighted by atomic mass is 79.9. The molecule has 0 atom stereocenters. The number of aromatic nitrogens is 1. The zero-order valence-corrected chi connectivity index (χ0v) is 14.4. The van der Waals surface area contributed by atoms with Gasteiger partial charge in [-0.1, -0.05) is 52.3 Å². The maximum absolute atomic E-state index is 5.77. The first-order chi connectivity index (χ1) is 11.3.